The topological polar surface area (TPSA) is 59.3 Å². The maximum atomic E-state index is 12.1. The molecule has 0 spiro atoms. The van der Waals surface area contributed by atoms with Crippen LogP contribution in [-0.2, 0) is 0 Å². The monoisotopic (exact) mass is 293 g/mol. The Morgan fingerprint density at radius 2 is 1.95 bits per heavy atom. The van der Waals surface area contributed by atoms with Crippen LogP contribution in [0.1, 0.15) is 15.9 Å². The van der Waals surface area contributed by atoms with Gasteiger partial charge in [-0.3, -0.25) is 4.79 Å². The molecule has 22 heavy (non-hydrogen) atoms. The minimum atomic E-state index is -0.102. The maximum absolute atomic E-state index is 12.1. The lowest BCUT2D eigenvalue weighted by Crippen LogP contribution is -1.96. The van der Waals surface area contributed by atoms with Crippen molar-refractivity contribution in [1.82, 2.24) is 0 Å². The van der Waals surface area contributed by atoms with Gasteiger partial charge >= 0.3 is 0 Å². The molecular weight excluding hydrogens is 278 g/mol. The number of allylic oxidation sites excluding steroid dienone is 1. The minimum Gasteiger partial charge on any atom is -0.497 e. The van der Waals surface area contributed by atoms with Gasteiger partial charge in [0.2, 0.25) is 0 Å². The molecule has 0 saturated heterocycles. The lowest BCUT2D eigenvalue weighted by atomic mass is 10.1. The Bertz CT molecular complexity index is 712. The summed E-state index contributed by atoms with van der Waals surface area (Å²) in [6, 6.07) is 16.0. The molecule has 0 unspecified atom stereocenters. The Labute approximate surface area is 129 Å². The van der Waals surface area contributed by atoms with Gasteiger partial charge in [-0.15, -0.1) is 0 Å². The van der Waals surface area contributed by atoms with Crippen molar-refractivity contribution in [2.24, 2.45) is 0 Å². The van der Waals surface area contributed by atoms with E-state index in [-0.39, 0.29) is 12.4 Å². The Balaban J connectivity index is 2.05. The fraction of sp³-hybridized carbons (Fsp3) is 0.111. The average Bonchev–Trinajstić information content (AvgIpc) is 2.58. The van der Waals surface area contributed by atoms with Crippen molar-refractivity contribution in [1.29, 1.82) is 5.26 Å². The highest BCUT2D eigenvalue weighted by Gasteiger charge is 2.02. The van der Waals surface area contributed by atoms with Gasteiger partial charge in [-0.1, -0.05) is 18.2 Å². The number of ether oxygens (including phenoxy) is 2. The summed E-state index contributed by atoms with van der Waals surface area (Å²) in [7, 11) is 1.60. The normalized spacial score (nSPS) is 10.2. The fourth-order valence-electron chi connectivity index (χ4n) is 1.84. The van der Waals surface area contributed by atoms with Crippen LogP contribution in [-0.4, -0.2) is 19.5 Å². The van der Waals surface area contributed by atoms with E-state index in [1.807, 2.05) is 30.3 Å². The Morgan fingerprint density at radius 3 is 2.64 bits per heavy atom. The second kappa shape index (κ2) is 7.65. The molecule has 0 radical (unpaired) electrons. The number of benzene rings is 2. The third-order valence-electron chi connectivity index (χ3n) is 2.96. The number of hydrogen-bond donors (Lipinski definition) is 0. The molecule has 0 amide bonds. The van der Waals surface area contributed by atoms with Crippen LogP contribution >= 0.6 is 0 Å². The van der Waals surface area contributed by atoms with Gasteiger partial charge in [0.1, 0.15) is 17.6 Å². The number of rotatable bonds is 6. The Morgan fingerprint density at radius 1 is 1.18 bits per heavy atom. The van der Waals surface area contributed by atoms with Crippen LogP contribution < -0.4 is 9.47 Å². The number of nitriles is 1. The van der Waals surface area contributed by atoms with Crippen molar-refractivity contribution in [3.05, 3.63) is 65.7 Å². The molecule has 4 heteroatoms. The zero-order valence-electron chi connectivity index (χ0n) is 12.2. The molecule has 2 rings (SSSR count). The summed E-state index contributed by atoms with van der Waals surface area (Å²) in [5.41, 5.74) is 1.45. The highest BCUT2D eigenvalue weighted by atomic mass is 16.5. The largest absolute Gasteiger partial charge is 0.497 e. The summed E-state index contributed by atoms with van der Waals surface area (Å²) < 4.78 is 10.3. The van der Waals surface area contributed by atoms with Crippen LogP contribution in [0.3, 0.4) is 0 Å². The molecule has 4 nitrogen and oxygen atoms in total. The van der Waals surface area contributed by atoms with Crippen molar-refractivity contribution in [2.75, 3.05) is 13.7 Å². The number of carbonyl (C=O) groups excluding carboxylic acids is 1. The van der Waals surface area contributed by atoms with Gasteiger partial charge in [0.25, 0.3) is 0 Å². The highest BCUT2D eigenvalue weighted by Crippen LogP contribution is 2.15. The first kappa shape index (κ1) is 15.3. The second-order valence-electron chi connectivity index (χ2n) is 4.45. The predicted molar refractivity (Wildman–Crippen MR) is 83.9 cm³/mol. The molecular formula is C18H15NO3. The van der Waals surface area contributed by atoms with E-state index in [1.54, 1.807) is 37.5 Å². The number of carbonyl (C=O) groups is 1. The van der Waals surface area contributed by atoms with Gasteiger partial charge in [0.05, 0.1) is 7.11 Å². The molecule has 2 aromatic carbocycles. The van der Waals surface area contributed by atoms with E-state index in [1.165, 1.54) is 6.08 Å². The van der Waals surface area contributed by atoms with Crippen molar-refractivity contribution < 1.29 is 14.3 Å². The van der Waals surface area contributed by atoms with Gasteiger partial charge in [-0.05, 0) is 48.0 Å². The lowest BCUT2D eigenvalue weighted by molar-refractivity contribution is 0.104. The molecule has 110 valence electrons. The van der Waals surface area contributed by atoms with Crippen LogP contribution in [0.25, 0.3) is 6.08 Å². The molecule has 0 aliphatic rings. The maximum Gasteiger partial charge on any atom is 0.185 e. The van der Waals surface area contributed by atoms with Gasteiger partial charge in [-0.25, -0.2) is 0 Å². The van der Waals surface area contributed by atoms with Gasteiger partial charge in [0.15, 0.2) is 12.4 Å². The van der Waals surface area contributed by atoms with Gasteiger partial charge in [0, 0.05) is 5.56 Å². The van der Waals surface area contributed by atoms with Crippen molar-refractivity contribution in [3.8, 4) is 17.6 Å². The summed E-state index contributed by atoms with van der Waals surface area (Å²) >= 11 is 0. The first-order chi connectivity index (χ1) is 10.7. The first-order valence-electron chi connectivity index (χ1n) is 6.69. The Kier molecular flexibility index (Phi) is 5.33. The van der Waals surface area contributed by atoms with E-state index >= 15 is 0 Å². The third-order valence-corrected chi connectivity index (χ3v) is 2.96. The smallest absolute Gasteiger partial charge is 0.185 e. The van der Waals surface area contributed by atoms with E-state index < -0.39 is 0 Å². The zero-order valence-corrected chi connectivity index (χ0v) is 12.2. The van der Waals surface area contributed by atoms with Crippen LogP contribution in [0.15, 0.2) is 54.6 Å². The summed E-state index contributed by atoms with van der Waals surface area (Å²) in [5.74, 6) is 1.21. The molecule has 0 heterocycles. The standard InChI is InChI=1S/C18H15NO3/c1-21-17-4-2-3-14(13-17)5-10-18(20)15-6-8-16(9-7-15)22-12-11-19/h2-10,13H,12H2,1H3/b10-5+. The zero-order chi connectivity index (χ0) is 15.8. The SMILES string of the molecule is COc1cccc(/C=C/C(=O)c2ccc(OCC#N)cc2)c1. The summed E-state index contributed by atoms with van der Waals surface area (Å²) in [4.78, 5) is 12.1. The summed E-state index contributed by atoms with van der Waals surface area (Å²) in [6.07, 6.45) is 3.25. The molecule has 0 bridgehead atoms. The molecule has 0 atom stereocenters. The number of methoxy groups -OCH3 is 1. The Hall–Kier alpha value is -3.06. The lowest BCUT2D eigenvalue weighted by Gasteiger charge is -2.02. The van der Waals surface area contributed by atoms with Crippen LogP contribution in [0.2, 0.25) is 0 Å². The molecule has 0 fully saturated rings. The fourth-order valence-corrected chi connectivity index (χ4v) is 1.84. The molecule has 0 saturated carbocycles. The van der Waals surface area contributed by atoms with Crippen molar-refractivity contribution in [2.45, 2.75) is 0 Å². The van der Waals surface area contributed by atoms with Gasteiger partial charge in [-0.2, -0.15) is 5.26 Å². The van der Waals surface area contributed by atoms with E-state index in [2.05, 4.69) is 0 Å². The molecule has 0 aliphatic carbocycles. The van der Waals surface area contributed by atoms with E-state index in [4.69, 9.17) is 14.7 Å². The molecule has 0 aromatic heterocycles. The van der Waals surface area contributed by atoms with Crippen LogP contribution in [0, 0.1) is 11.3 Å². The number of ketones is 1. The van der Waals surface area contributed by atoms with Crippen LogP contribution in [0.5, 0.6) is 11.5 Å². The number of nitrogens with zero attached hydrogens (tertiary/aromatic N) is 1. The molecule has 2 aromatic rings. The minimum absolute atomic E-state index is 0.0109. The van der Waals surface area contributed by atoms with Crippen molar-refractivity contribution in [3.63, 3.8) is 0 Å². The summed E-state index contributed by atoms with van der Waals surface area (Å²) in [5, 5.41) is 8.44. The third kappa shape index (κ3) is 4.22. The predicted octanol–water partition coefficient (Wildman–Crippen LogP) is 3.49. The van der Waals surface area contributed by atoms with E-state index in [0.29, 0.717) is 11.3 Å². The highest BCUT2D eigenvalue weighted by molar-refractivity contribution is 6.06. The quantitative estimate of drug-likeness (QED) is 0.604. The van der Waals surface area contributed by atoms with Crippen LogP contribution in [0.4, 0.5) is 0 Å². The van der Waals surface area contributed by atoms with Gasteiger partial charge < -0.3 is 9.47 Å². The molecule has 0 N–H and O–H groups in total. The number of hydrogen-bond acceptors (Lipinski definition) is 4. The first-order valence-corrected chi connectivity index (χ1v) is 6.69. The average molecular weight is 293 g/mol. The van der Waals surface area contributed by atoms with Crippen molar-refractivity contribution >= 4 is 11.9 Å². The van der Waals surface area contributed by atoms with E-state index in [0.717, 1.165) is 11.3 Å². The summed E-state index contributed by atoms with van der Waals surface area (Å²) in [6.45, 7) is -0.0109. The van der Waals surface area contributed by atoms with E-state index in [9.17, 15) is 4.79 Å². The molecule has 0 aliphatic heterocycles. The second-order valence-corrected chi connectivity index (χ2v) is 4.45.